The molecule has 0 radical (unpaired) electrons. The van der Waals surface area contributed by atoms with Crippen molar-refractivity contribution in [3.05, 3.63) is 0 Å². The molecule has 2 nitrogen and oxygen atoms in total. The molecule has 0 aromatic rings. The van der Waals surface area contributed by atoms with Crippen molar-refractivity contribution in [1.29, 1.82) is 0 Å². The number of unbranched alkanes of at least 4 members (excludes halogenated alkanes) is 2. The molecule has 0 amide bonds. The van der Waals surface area contributed by atoms with Crippen LogP contribution in [0, 0.1) is 0 Å². The van der Waals surface area contributed by atoms with Crippen molar-refractivity contribution in [3.8, 4) is 0 Å². The first-order valence-corrected chi connectivity index (χ1v) is 5.61. The summed E-state index contributed by atoms with van der Waals surface area (Å²) in [6.45, 7) is 8.54. The summed E-state index contributed by atoms with van der Waals surface area (Å²) in [6.07, 6.45) is 5.54. The Balaban J connectivity index is 0. The van der Waals surface area contributed by atoms with Crippen LogP contribution in [0.4, 0.5) is 0 Å². The summed E-state index contributed by atoms with van der Waals surface area (Å²) in [5.41, 5.74) is -2.01. The standard InChI is InChI=1S/C6H14O2.C5H13B/c1-5(2,7)6(3,4)8;1-2-3-4-5-6/h7-8H,1-4H3;2-6H2,1H3. The Morgan fingerprint density at radius 3 is 1.36 bits per heavy atom. The molecule has 86 valence electrons. The molecule has 0 aliphatic heterocycles. The first-order valence-electron chi connectivity index (χ1n) is 5.61. The van der Waals surface area contributed by atoms with Gasteiger partial charge in [-0.2, -0.15) is 0 Å². The fraction of sp³-hybridized carbons (Fsp3) is 1.00. The first kappa shape index (κ1) is 16.4. The van der Waals surface area contributed by atoms with Crippen LogP contribution in [0.5, 0.6) is 0 Å². The van der Waals surface area contributed by atoms with E-state index < -0.39 is 11.2 Å². The van der Waals surface area contributed by atoms with Gasteiger partial charge in [-0.25, -0.2) is 0 Å². The molecule has 0 heterocycles. The maximum atomic E-state index is 9.10. The van der Waals surface area contributed by atoms with E-state index in [-0.39, 0.29) is 0 Å². The van der Waals surface area contributed by atoms with Crippen LogP contribution in [0.1, 0.15) is 53.9 Å². The molecule has 2 N–H and O–H groups in total. The monoisotopic (exact) mass is 202 g/mol. The zero-order valence-electron chi connectivity index (χ0n) is 10.7. The Kier molecular flexibility index (Phi) is 8.56. The van der Waals surface area contributed by atoms with E-state index in [4.69, 9.17) is 10.2 Å². The number of hydrogen-bond donors (Lipinski definition) is 2. The van der Waals surface area contributed by atoms with Gasteiger partial charge in [-0.05, 0) is 27.7 Å². The van der Waals surface area contributed by atoms with E-state index in [1.807, 2.05) is 0 Å². The van der Waals surface area contributed by atoms with E-state index in [1.54, 1.807) is 27.7 Å². The lowest BCUT2D eigenvalue weighted by Gasteiger charge is -2.31. The van der Waals surface area contributed by atoms with E-state index >= 15 is 0 Å². The minimum Gasteiger partial charge on any atom is -0.387 e. The predicted octanol–water partition coefficient (Wildman–Crippen LogP) is 1.76. The summed E-state index contributed by atoms with van der Waals surface area (Å²) in [6, 6.07) is 0. The molecule has 3 heteroatoms. The fourth-order valence-electron chi connectivity index (χ4n) is 0.500. The van der Waals surface area contributed by atoms with Gasteiger partial charge in [0.1, 0.15) is 7.85 Å². The summed E-state index contributed by atoms with van der Waals surface area (Å²) in [7, 11) is 2.23. The van der Waals surface area contributed by atoms with Crippen molar-refractivity contribution in [1.82, 2.24) is 0 Å². The van der Waals surface area contributed by atoms with E-state index in [9.17, 15) is 0 Å². The maximum Gasteiger partial charge on any atom is 0.101 e. The van der Waals surface area contributed by atoms with Crippen molar-refractivity contribution in [2.75, 3.05) is 0 Å². The van der Waals surface area contributed by atoms with Gasteiger partial charge in [0.05, 0.1) is 11.2 Å². The van der Waals surface area contributed by atoms with Gasteiger partial charge in [0, 0.05) is 0 Å². The summed E-state index contributed by atoms with van der Waals surface area (Å²) >= 11 is 0. The van der Waals surface area contributed by atoms with Crippen LogP contribution >= 0.6 is 0 Å². The lowest BCUT2D eigenvalue weighted by molar-refractivity contribution is -0.107. The molecule has 0 aliphatic carbocycles. The normalized spacial score (nSPS) is 11.9. The molecule has 0 aromatic carbocycles. The number of rotatable bonds is 4. The molecule has 0 saturated heterocycles. The third kappa shape index (κ3) is 10.1. The highest BCUT2D eigenvalue weighted by molar-refractivity contribution is 6.08. The predicted molar refractivity (Wildman–Crippen MR) is 65.5 cm³/mol. The van der Waals surface area contributed by atoms with Gasteiger partial charge in [0.2, 0.25) is 0 Å². The molecule has 0 fully saturated rings. The van der Waals surface area contributed by atoms with Crippen molar-refractivity contribution < 1.29 is 10.2 Å². The van der Waals surface area contributed by atoms with Gasteiger partial charge in [-0.15, -0.1) is 0 Å². The van der Waals surface area contributed by atoms with Crippen molar-refractivity contribution in [2.24, 2.45) is 0 Å². The zero-order chi connectivity index (χ0) is 11.8. The van der Waals surface area contributed by atoms with Crippen LogP contribution < -0.4 is 0 Å². The summed E-state index contributed by atoms with van der Waals surface area (Å²) in [4.78, 5) is 0. The van der Waals surface area contributed by atoms with Gasteiger partial charge in [-0.3, -0.25) is 0 Å². The number of aliphatic hydroxyl groups is 2. The van der Waals surface area contributed by atoms with Crippen LogP contribution in [0.25, 0.3) is 0 Å². The Bertz CT molecular complexity index is 106. The largest absolute Gasteiger partial charge is 0.387 e. The summed E-state index contributed by atoms with van der Waals surface area (Å²) in [5, 5.41) is 18.2. The molecular formula is C11H27BO2. The second kappa shape index (κ2) is 7.30. The average molecular weight is 202 g/mol. The highest BCUT2D eigenvalue weighted by Crippen LogP contribution is 2.19. The molecule has 0 aromatic heterocycles. The van der Waals surface area contributed by atoms with Gasteiger partial charge in [0.15, 0.2) is 0 Å². The third-order valence-corrected chi connectivity index (χ3v) is 2.45. The molecule has 0 aliphatic rings. The Labute approximate surface area is 90.1 Å². The van der Waals surface area contributed by atoms with Gasteiger partial charge >= 0.3 is 0 Å². The minimum absolute atomic E-state index is 1.01. The van der Waals surface area contributed by atoms with E-state index in [2.05, 4.69) is 14.8 Å². The van der Waals surface area contributed by atoms with Gasteiger partial charge < -0.3 is 10.2 Å². The third-order valence-electron chi connectivity index (χ3n) is 2.45. The molecule has 0 atom stereocenters. The van der Waals surface area contributed by atoms with E-state index in [1.165, 1.54) is 25.6 Å². The van der Waals surface area contributed by atoms with E-state index in [0.717, 1.165) is 0 Å². The lowest BCUT2D eigenvalue weighted by atomic mass is 9.90. The quantitative estimate of drug-likeness (QED) is 0.538. The maximum absolute atomic E-state index is 9.10. The van der Waals surface area contributed by atoms with Crippen LogP contribution in [0.3, 0.4) is 0 Å². The SMILES string of the molecule is BCCCCC.CC(C)(O)C(C)(C)O. The topological polar surface area (TPSA) is 40.5 Å². The van der Waals surface area contributed by atoms with Crippen molar-refractivity contribution in [3.63, 3.8) is 0 Å². The molecule has 14 heavy (non-hydrogen) atoms. The molecular weight excluding hydrogens is 175 g/mol. The molecule has 0 rings (SSSR count). The Hall–Kier alpha value is -0.0151. The summed E-state index contributed by atoms with van der Waals surface area (Å²) in [5.74, 6) is 0. The minimum atomic E-state index is -1.01. The highest BCUT2D eigenvalue weighted by atomic mass is 16.3. The van der Waals surface area contributed by atoms with Crippen LogP contribution in [-0.4, -0.2) is 29.3 Å². The highest BCUT2D eigenvalue weighted by Gasteiger charge is 2.31. The van der Waals surface area contributed by atoms with Gasteiger partial charge in [0.25, 0.3) is 0 Å². The fourth-order valence-corrected chi connectivity index (χ4v) is 0.500. The average Bonchev–Trinajstić information content (AvgIpc) is 1.98. The zero-order valence-corrected chi connectivity index (χ0v) is 10.7. The van der Waals surface area contributed by atoms with Crippen molar-refractivity contribution in [2.45, 2.75) is 71.4 Å². The Morgan fingerprint density at radius 2 is 1.29 bits per heavy atom. The van der Waals surface area contributed by atoms with Gasteiger partial charge in [-0.1, -0.05) is 32.5 Å². The van der Waals surface area contributed by atoms with Crippen LogP contribution in [-0.2, 0) is 0 Å². The lowest BCUT2D eigenvalue weighted by Crippen LogP contribution is -2.44. The van der Waals surface area contributed by atoms with Crippen LogP contribution in [0.2, 0.25) is 6.32 Å². The second-order valence-corrected chi connectivity index (χ2v) is 4.83. The van der Waals surface area contributed by atoms with E-state index in [0.29, 0.717) is 0 Å². The molecule has 0 saturated carbocycles. The smallest absolute Gasteiger partial charge is 0.101 e. The van der Waals surface area contributed by atoms with Crippen LogP contribution in [0.15, 0.2) is 0 Å². The number of hydrogen-bond acceptors (Lipinski definition) is 2. The first-order chi connectivity index (χ1) is 6.16. The second-order valence-electron chi connectivity index (χ2n) is 4.83. The summed E-state index contributed by atoms with van der Waals surface area (Å²) < 4.78 is 0. The Morgan fingerprint density at radius 1 is 0.929 bits per heavy atom. The molecule has 0 unspecified atom stereocenters. The molecule has 0 spiro atoms. The van der Waals surface area contributed by atoms with Crippen molar-refractivity contribution >= 4 is 7.85 Å². The molecule has 0 bridgehead atoms.